The molecule has 0 aliphatic carbocycles. The fourth-order valence-electron chi connectivity index (χ4n) is 3.53. The highest BCUT2D eigenvalue weighted by atomic mass is 32.2. The van der Waals surface area contributed by atoms with Crippen LogP contribution in [-0.2, 0) is 9.59 Å². The van der Waals surface area contributed by atoms with E-state index >= 15 is 0 Å². The Labute approximate surface area is 190 Å². The minimum absolute atomic E-state index is 0.253. The van der Waals surface area contributed by atoms with Crippen LogP contribution in [0, 0.1) is 13.8 Å². The lowest BCUT2D eigenvalue weighted by atomic mass is 10.0. The van der Waals surface area contributed by atoms with Crippen molar-refractivity contribution in [3.8, 4) is 5.75 Å². The molecule has 0 atom stereocenters. The molecule has 3 aromatic rings. The van der Waals surface area contributed by atoms with Gasteiger partial charge in [0.1, 0.15) is 12.3 Å². The Morgan fingerprint density at radius 1 is 1.06 bits per heavy atom. The SMILES string of the molecule is COc1ccc2ccccc2c1/C=C1/SC(=O)N(CC(=O)Nc2ccc(C)c(C)c2)C1=O. The first-order chi connectivity index (χ1) is 15.4. The van der Waals surface area contributed by atoms with E-state index in [1.165, 1.54) is 0 Å². The van der Waals surface area contributed by atoms with E-state index in [1.807, 2.05) is 62.4 Å². The first kappa shape index (κ1) is 21.6. The first-order valence-corrected chi connectivity index (χ1v) is 10.9. The molecule has 0 saturated carbocycles. The maximum Gasteiger partial charge on any atom is 0.294 e. The Morgan fingerprint density at radius 3 is 2.59 bits per heavy atom. The maximum absolute atomic E-state index is 12.9. The third kappa shape index (κ3) is 4.24. The molecule has 162 valence electrons. The van der Waals surface area contributed by atoms with Gasteiger partial charge in [0.05, 0.1) is 12.0 Å². The van der Waals surface area contributed by atoms with E-state index < -0.39 is 17.1 Å². The number of thioether (sulfide) groups is 1. The third-order valence-corrected chi connectivity index (χ3v) is 6.30. The number of ether oxygens (including phenoxy) is 1. The summed E-state index contributed by atoms with van der Waals surface area (Å²) in [4.78, 5) is 39.2. The van der Waals surface area contributed by atoms with Crippen LogP contribution < -0.4 is 10.1 Å². The fraction of sp³-hybridized carbons (Fsp3) is 0.160. The highest BCUT2D eigenvalue weighted by Gasteiger charge is 2.36. The summed E-state index contributed by atoms with van der Waals surface area (Å²) in [7, 11) is 1.56. The second-order valence-corrected chi connectivity index (χ2v) is 8.51. The van der Waals surface area contributed by atoms with Crippen LogP contribution >= 0.6 is 11.8 Å². The standard InChI is InChI=1S/C25H22N2O4S/c1-15-8-10-18(12-16(15)2)26-23(28)14-27-24(29)22(32-25(27)30)13-20-19-7-5-4-6-17(19)9-11-21(20)31-3/h4-13H,14H2,1-3H3,(H,26,28)/b22-13+. The normalized spacial score (nSPS) is 15.0. The summed E-state index contributed by atoms with van der Waals surface area (Å²) in [6.45, 7) is 3.59. The number of hydrogen-bond donors (Lipinski definition) is 1. The highest BCUT2D eigenvalue weighted by Crippen LogP contribution is 2.36. The number of aryl methyl sites for hydroxylation is 2. The molecular weight excluding hydrogens is 424 g/mol. The minimum Gasteiger partial charge on any atom is -0.496 e. The molecule has 6 nitrogen and oxygen atoms in total. The predicted molar refractivity (Wildman–Crippen MR) is 128 cm³/mol. The summed E-state index contributed by atoms with van der Waals surface area (Å²) in [5.74, 6) is -0.326. The van der Waals surface area contributed by atoms with Crippen LogP contribution in [0.3, 0.4) is 0 Å². The Morgan fingerprint density at radius 2 is 1.84 bits per heavy atom. The molecule has 1 heterocycles. The summed E-state index contributed by atoms with van der Waals surface area (Å²) >= 11 is 0.820. The molecule has 1 aliphatic rings. The average molecular weight is 447 g/mol. The number of anilines is 1. The quantitative estimate of drug-likeness (QED) is 0.549. The van der Waals surface area contributed by atoms with Gasteiger partial charge in [-0.25, -0.2) is 0 Å². The van der Waals surface area contributed by atoms with Gasteiger partial charge in [-0.1, -0.05) is 36.4 Å². The molecular formula is C25H22N2O4S. The fourth-order valence-corrected chi connectivity index (χ4v) is 4.35. The van der Waals surface area contributed by atoms with E-state index in [2.05, 4.69) is 5.32 Å². The zero-order valence-corrected chi connectivity index (χ0v) is 18.8. The van der Waals surface area contributed by atoms with Crippen LogP contribution in [0.2, 0.25) is 0 Å². The van der Waals surface area contributed by atoms with Gasteiger partial charge in [-0.3, -0.25) is 19.3 Å². The maximum atomic E-state index is 12.9. The number of amides is 3. The smallest absolute Gasteiger partial charge is 0.294 e. The monoisotopic (exact) mass is 446 g/mol. The molecule has 7 heteroatoms. The van der Waals surface area contributed by atoms with E-state index in [4.69, 9.17) is 4.74 Å². The van der Waals surface area contributed by atoms with Gasteiger partial charge in [0.2, 0.25) is 5.91 Å². The van der Waals surface area contributed by atoms with Crippen LogP contribution in [0.25, 0.3) is 16.8 Å². The van der Waals surface area contributed by atoms with Crippen LogP contribution in [0.1, 0.15) is 16.7 Å². The second kappa shape index (κ2) is 8.88. The second-order valence-electron chi connectivity index (χ2n) is 7.52. The largest absolute Gasteiger partial charge is 0.496 e. The van der Waals surface area contributed by atoms with Crippen molar-refractivity contribution in [2.75, 3.05) is 19.0 Å². The Kier molecular flexibility index (Phi) is 6.01. The lowest BCUT2D eigenvalue weighted by Crippen LogP contribution is -2.36. The number of hydrogen-bond acceptors (Lipinski definition) is 5. The van der Waals surface area contributed by atoms with Gasteiger partial charge in [0.25, 0.3) is 11.1 Å². The molecule has 0 radical (unpaired) electrons. The molecule has 1 fully saturated rings. The van der Waals surface area contributed by atoms with Crippen molar-refractivity contribution in [2.45, 2.75) is 13.8 Å². The molecule has 3 amide bonds. The zero-order chi connectivity index (χ0) is 22.8. The molecule has 1 saturated heterocycles. The topological polar surface area (TPSA) is 75.7 Å². The van der Waals surface area contributed by atoms with E-state index in [-0.39, 0.29) is 11.4 Å². The van der Waals surface area contributed by atoms with Gasteiger partial charge in [-0.15, -0.1) is 0 Å². The van der Waals surface area contributed by atoms with Gasteiger partial charge >= 0.3 is 0 Å². The van der Waals surface area contributed by atoms with Gasteiger partial charge in [-0.2, -0.15) is 0 Å². The van der Waals surface area contributed by atoms with Crippen LogP contribution in [0.4, 0.5) is 10.5 Å². The van der Waals surface area contributed by atoms with Crippen molar-refractivity contribution >= 4 is 51.4 Å². The summed E-state index contributed by atoms with van der Waals surface area (Å²) in [5.41, 5.74) is 3.50. The van der Waals surface area contributed by atoms with Gasteiger partial charge < -0.3 is 10.1 Å². The summed E-state index contributed by atoms with van der Waals surface area (Å²) < 4.78 is 5.47. The number of imide groups is 1. The minimum atomic E-state index is -0.495. The van der Waals surface area contributed by atoms with Crippen LogP contribution in [0.5, 0.6) is 5.75 Å². The molecule has 0 bridgehead atoms. The summed E-state index contributed by atoms with van der Waals surface area (Å²) in [6, 6.07) is 17.1. The van der Waals surface area contributed by atoms with E-state index in [0.717, 1.165) is 44.1 Å². The molecule has 3 aromatic carbocycles. The van der Waals surface area contributed by atoms with Gasteiger partial charge in [0, 0.05) is 11.3 Å². The van der Waals surface area contributed by atoms with Crippen molar-refractivity contribution in [3.05, 3.63) is 76.2 Å². The number of methoxy groups -OCH3 is 1. The van der Waals surface area contributed by atoms with Crippen molar-refractivity contribution in [3.63, 3.8) is 0 Å². The lowest BCUT2D eigenvalue weighted by molar-refractivity contribution is -0.127. The van der Waals surface area contributed by atoms with Crippen molar-refractivity contribution < 1.29 is 19.1 Å². The van der Waals surface area contributed by atoms with Crippen LogP contribution in [0.15, 0.2) is 59.5 Å². The zero-order valence-electron chi connectivity index (χ0n) is 18.0. The predicted octanol–water partition coefficient (Wildman–Crippen LogP) is 5.14. The Balaban J connectivity index is 1.57. The average Bonchev–Trinajstić information content (AvgIpc) is 3.04. The number of rotatable bonds is 5. The molecule has 4 rings (SSSR count). The number of nitrogens with one attached hydrogen (secondary N) is 1. The molecule has 0 unspecified atom stereocenters. The molecule has 1 N–H and O–H groups in total. The number of fused-ring (bicyclic) bond motifs is 1. The Hall–Kier alpha value is -3.58. The number of nitrogens with zero attached hydrogens (tertiary/aromatic N) is 1. The van der Waals surface area contributed by atoms with Gasteiger partial charge in [0.15, 0.2) is 0 Å². The number of carbonyl (C=O) groups is 3. The van der Waals surface area contributed by atoms with E-state index in [1.54, 1.807) is 19.3 Å². The first-order valence-electron chi connectivity index (χ1n) is 10.1. The molecule has 32 heavy (non-hydrogen) atoms. The molecule has 0 aromatic heterocycles. The number of benzene rings is 3. The van der Waals surface area contributed by atoms with E-state index in [0.29, 0.717) is 11.4 Å². The highest BCUT2D eigenvalue weighted by molar-refractivity contribution is 8.18. The van der Waals surface area contributed by atoms with Gasteiger partial charge in [-0.05, 0) is 71.8 Å². The van der Waals surface area contributed by atoms with E-state index in [9.17, 15) is 14.4 Å². The van der Waals surface area contributed by atoms with Crippen molar-refractivity contribution in [1.82, 2.24) is 4.90 Å². The molecule has 1 aliphatic heterocycles. The molecule has 0 spiro atoms. The summed E-state index contributed by atoms with van der Waals surface area (Å²) in [5, 5.41) is 4.18. The lowest BCUT2D eigenvalue weighted by Gasteiger charge is -2.13. The Bertz CT molecular complexity index is 1280. The van der Waals surface area contributed by atoms with Crippen molar-refractivity contribution in [1.29, 1.82) is 0 Å². The third-order valence-electron chi connectivity index (χ3n) is 5.39. The number of carbonyl (C=O) groups excluding carboxylic acids is 3. The van der Waals surface area contributed by atoms with Crippen molar-refractivity contribution in [2.24, 2.45) is 0 Å². The summed E-state index contributed by atoms with van der Waals surface area (Å²) in [6.07, 6.45) is 1.66. The van der Waals surface area contributed by atoms with Crippen LogP contribution in [-0.4, -0.2) is 35.6 Å².